The highest BCUT2D eigenvalue weighted by atomic mass is 32.2. The Morgan fingerprint density at radius 2 is 2.22 bits per heavy atom. The van der Waals surface area contributed by atoms with Gasteiger partial charge in [-0.15, -0.1) is 0 Å². The van der Waals surface area contributed by atoms with Crippen LogP contribution in [-0.4, -0.2) is 41.8 Å². The van der Waals surface area contributed by atoms with Crippen molar-refractivity contribution >= 4 is 17.5 Å². The van der Waals surface area contributed by atoms with Crippen molar-refractivity contribution in [2.24, 2.45) is 0 Å². The first kappa shape index (κ1) is 13.6. The molecule has 1 saturated heterocycles. The summed E-state index contributed by atoms with van der Waals surface area (Å²) >= 11 is 2.02. The van der Waals surface area contributed by atoms with Gasteiger partial charge in [-0.3, -0.25) is 4.79 Å². The molecule has 1 aromatic rings. The van der Waals surface area contributed by atoms with E-state index in [9.17, 15) is 4.79 Å². The fourth-order valence-electron chi connectivity index (χ4n) is 2.35. The third kappa shape index (κ3) is 3.36. The van der Waals surface area contributed by atoms with Crippen LogP contribution in [0.1, 0.15) is 28.8 Å². The molecule has 1 atom stereocenters. The number of thioether (sulfide) groups is 1. The molecule has 2 rings (SSSR count). The third-order valence-corrected chi connectivity index (χ3v) is 4.81. The van der Waals surface area contributed by atoms with E-state index in [4.69, 9.17) is 0 Å². The predicted molar refractivity (Wildman–Crippen MR) is 78.5 cm³/mol. The van der Waals surface area contributed by atoms with Gasteiger partial charge in [0.2, 0.25) is 0 Å². The van der Waals surface area contributed by atoms with Gasteiger partial charge in [0.15, 0.2) is 5.78 Å². The van der Waals surface area contributed by atoms with Crippen LogP contribution in [0.2, 0.25) is 0 Å². The van der Waals surface area contributed by atoms with Crippen molar-refractivity contribution < 1.29 is 4.79 Å². The van der Waals surface area contributed by atoms with Crippen LogP contribution >= 0.6 is 11.8 Å². The maximum absolute atomic E-state index is 12.2. The maximum Gasteiger partial charge on any atom is 0.164 e. The third-order valence-electron chi connectivity index (χ3n) is 3.67. The van der Waals surface area contributed by atoms with Gasteiger partial charge in [-0.2, -0.15) is 11.8 Å². The fraction of sp³-hybridized carbons (Fsp3) is 0.533. The van der Waals surface area contributed by atoms with Crippen LogP contribution in [0.5, 0.6) is 0 Å². The average Bonchev–Trinajstić information content (AvgIpc) is 2.90. The smallest absolute Gasteiger partial charge is 0.164 e. The zero-order valence-electron chi connectivity index (χ0n) is 11.2. The highest BCUT2D eigenvalue weighted by Gasteiger charge is 2.20. The second-order valence-electron chi connectivity index (χ2n) is 4.99. The Morgan fingerprint density at radius 1 is 1.44 bits per heavy atom. The van der Waals surface area contributed by atoms with E-state index in [1.165, 1.54) is 17.9 Å². The normalized spacial score (nSPS) is 19.4. The molecule has 0 aromatic heterocycles. The summed E-state index contributed by atoms with van der Waals surface area (Å²) in [5.74, 6) is 2.75. The van der Waals surface area contributed by atoms with Crippen LogP contribution in [-0.2, 0) is 0 Å². The number of ketones is 1. The molecular weight excluding hydrogens is 242 g/mol. The largest absolute Gasteiger partial charge is 0.302 e. The molecule has 1 aromatic carbocycles. The summed E-state index contributed by atoms with van der Waals surface area (Å²) in [6.07, 6.45) is 1.89. The molecule has 0 spiro atoms. The van der Waals surface area contributed by atoms with E-state index in [2.05, 4.69) is 11.9 Å². The molecule has 1 aliphatic rings. The van der Waals surface area contributed by atoms with Gasteiger partial charge in [0.25, 0.3) is 0 Å². The van der Waals surface area contributed by atoms with Crippen molar-refractivity contribution in [3.05, 3.63) is 35.4 Å². The molecule has 1 unspecified atom stereocenters. The van der Waals surface area contributed by atoms with Crippen LogP contribution in [0.4, 0.5) is 0 Å². The highest BCUT2D eigenvalue weighted by Crippen LogP contribution is 2.21. The number of Topliss-reactive ketones (excluding diaryl/α,β-unsaturated/α-hetero) is 1. The lowest BCUT2D eigenvalue weighted by atomic mass is 10.0. The van der Waals surface area contributed by atoms with Crippen LogP contribution < -0.4 is 0 Å². The molecule has 0 saturated carbocycles. The molecule has 2 nitrogen and oxygen atoms in total. The number of hydrogen-bond acceptors (Lipinski definition) is 3. The fourth-order valence-corrected chi connectivity index (χ4v) is 3.65. The van der Waals surface area contributed by atoms with Crippen molar-refractivity contribution in [2.75, 3.05) is 25.1 Å². The molecule has 0 radical (unpaired) electrons. The Hall–Kier alpha value is -0.800. The lowest BCUT2D eigenvalue weighted by molar-refractivity contribution is 0.0962. The predicted octanol–water partition coefficient (Wildman–Crippen LogP) is 3.01. The molecule has 0 N–H and O–H groups in total. The molecular formula is C15H21NOS. The van der Waals surface area contributed by atoms with Gasteiger partial charge in [0.1, 0.15) is 0 Å². The summed E-state index contributed by atoms with van der Waals surface area (Å²) < 4.78 is 0. The van der Waals surface area contributed by atoms with Crippen LogP contribution in [0, 0.1) is 6.92 Å². The zero-order valence-corrected chi connectivity index (χ0v) is 12.0. The number of nitrogens with zero attached hydrogens (tertiary/aromatic N) is 1. The number of rotatable bonds is 5. The van der Waals surface area contributed by atoms with Gasteiger partial charge >= 0.3 is 0 Å². The number of hydrogen-bond donors (Lipinski definition) is 0. The van der Waals surface area contributed by atoms with Crippen LogP contribution in [0.3, 0.4) is 0 Å². The van der Waals surface area contributed by atoms with E-state index < -0.39 is 0 Å². The first-order valence-corrected chi connectivity index (χ1v) is 7.71. The number of benzene rings is 1. The SMILES string of the molecule is Cc1ccccc1C(=O)CCN(C)C1CCSC1. The summed E-state index contributed by atoms with van der Waals surface area (Å²) in [6, 6.07) is 8.53. The topological polar surface area (TPSA) is 20.3 Å². The van der Waals surface area contributed by atoms with E-state index in [1.54, 1.807) is 0 Å². The van der Waals surface area contributed by atoms with Crippen LogP contribution in [0.15, 0.2) is 24.3 Å². The van der Waals surface area contributed by atoms with Crippen molar-refractivity contribution in [2.45, 2.75) is 25.8 Å². The molecule has 18 heavy (non-hydrogen) atoms. The molecule has 98 valence electrons. The van der Waals surface area contributed by atoms with Gasteiger partial charge < -0.3 is 4.90 Å². The Bertz CT molecular complexity index is 413. The minimum absolute atomic E-state index is 0.269. The zero-order chi connectivity index (χ0) is 13.0. The molecule has 0 bridgehead atoms. The standard InChI is InChI=1S/C15H21NOS/c1-12-5-3-4-6-14(12)15(17)7-9-16(2)13-8-10-18-11-13/h3-6,13H,7-11H2,1-2H3. The lowest BCUT2D eigenvalue weighted by Gasteiger charge is -2.23. The van der Waals surface area contributed by atoms with Crippen molar-refractivity contribution in [1.82, 2.24) is 4.90 Å². The Morgan fingerprint density at radius 3 is 2.89 bits per heavy atom. The van der Waals surface area contributed by atoms with E-state index in [1.807, 2.05) is 43.0 Å². The summed E-state index contributed by atoms with van der Waals surface area (Å²) in [4.78, 5) is 14.5. The quantitative estimate of drug-likeness (QED) is 0.762. The number of carbonyl (C=O) groups is 1. The number of carbonyl (C=O) groups excluding carboxylic acids is 1. The Kier molecular flexibility index (Phi) is 4.84. The Balaban J connectivity index is 1.86. The minimum Gasteiger partial charge on any atom is -0.302 e. The van der Waals surface area contributed by atoms with Crippen molar-refractivity contribution in [3.63, 3.8) is 0 Å². The van der Waals surface area contributed by atoms with Crippen molar-refractivity contribution in [3.8, 4) is 0 Å². The van der Waals surface area contributed by atoms with E-state index in [0.717, 1.165) is 17.7 Å². The molecule has 1 fully saturated rings. The lowest BCUT2D eigenvalue weighted by Crippen LogP contribution is -2.33. The molecule has 0 amide bonds. The summed E-state index contributed by atoms with van der Waals surface area (Å²) in [6.45, 7) is 2.88. The molecule has 1 heterocycles. The Labute approximate surface area is 114 Å². The van der Waals surface area contributed by atoms with E-state index >= 15 is 0 Å². The highest BCUT2D eigenvalue weighted by molar-refractivity contribution is 7.99. The first-order valence-electron chi connectivity index (χ1n) is 6.55. The minimum atomic E-state index is 0.269. The number of aryl methyl sites for hydroxylation is 1. The average molecular weight is 263 g/mol. The van der Waals surface area contributed by atoms with Gasteiger partial charge in [-0.25, -0.2) is 0 Å². The van der Waals surface area contributed by atoms with Gasteiger partial charge in [0, 0.05) is 30.3 Å². The van der Waals surface area contributed by atoms with Gasteiger partial charge in [-0.1, -0.05) is 24.3 Å². The molecule has 0 aliphatic carbocycles. The van der Waals surface area contributed by atoms with Crippen LogP contribution in [0.25, 0.3) is 0 Å². The first-order chi connectivity index (χ1) is 8.68. The maximum atomic E-state index is 12.2. The van der Waals surface area contributed by atoms with Crippen molar-refractivity contribution in [1.29, 1.82) is 0 Å². The summed E-state index contributed by atoms with van der Waals surface area (Å²) in [7, 11) is 2.14. The summed E-state index contributed by atoms with van der Waals surface area (Å²) in [5, 5.41) is 0. The van der Waals surface area contributed by atoms with Gasteiger partial charge in [0.05, 0.1) is 0 Å². The summed E-state index contributed by atoms with van der Waals surface area (Å²) in [5.41, 5.74) is 1.97. The molecule has 1 aliphatic heterocycles. The second kappa shape index (κ2) is 6.39. The van der Waals surface area contributed by atoms with E-state index in [0.29, 0.717) is 12.5 Å². The van der Waals surface area contributed by atoms with Gasteiger partial charge in [-0.05, 0) is 31.7 Å². The monoisotopic (exact) mass is 263 g/mol. The van der Waals surface area contributed by atoms with E-state index in [-0.39, 0.29) is 5.78 Å². The second-order valence-corrected chi connectivity index (χ2v) is 6.14. The molecule has 3 heteroatoms.